The van der Waals surface area contributed by atoms with Crippen LogP contribution in [0.5, 0.6) is 0 Å². The SMILES string of the molecule is Cc1ccc(C)c(/C(O)=C2\C(=O)C(=O)N(c3cc(Cl)cc(Cl)c3)C2c2ccccc2C)c1. The second-order valence-corrected chi connectivity index (χ2v) is 8.84. The number of anilines is 1. The Hall–Kier alpha value is -3.08. The average Bonchev–Trinajstić information content (AvgIpc) is 2.99. The Bertz CT molecular complexity index is 1280. The molecule has 3 aromatic rings. The smallest absolute Gasteiger partial charge is 0.300 e. The van der Waals surface area contributed by atoms with Crippen molar-refractivity contribution in [1.82, 2.24) is 0 Å². The summed E-state index contributed by atoms with van der Waals surface area (Å²) in [6.45, 7) is 5.66. The topological polar surface area (TPSA) is 57.6 Å². The molecule has 1 heterocycles. The van der Waals surface area contributed by atoms with Crippen molar-refractivity contribution in [1.29, 1.82) is 0 Å². The van der Waals surface area contributed by atoms with Crippen molar-refractivity contribution in [2.75, 3.05) is 4.90 Å². The monoisotopic (exact) mass is 465 g/mol. The average molecular weight is 466 g/mol. The number of aliphatic hydroxyl groups excluding tert-OH is 1. The standard InChI is InChI=1S/C26H21Cl2NO3/c1-14-8-9-16(3)21(10-14)24(30)22-23(20-7-5-4-6-15(20)2)29(26(32)25(22)31)19-12-17(27)11-18(28)13-19/h4-13,23,30H,1-3H3/b24-22+. The number of ketones is 1. The molecule has 1 saturated heterocycles. The Morgan fingerprint density at radius 2 is 1.53 bits per heavy atom. The van der Waals surface area contributed by atoms with Crippen LogP contribution >= 0.6 is 23.2 Å². The number of rotatable bonds is 3. The van der Waals surface area contributed by atoms with Gasteiger partial charge in [-0.3, -0.25) is 14.5 Å². The lowest BCUT2D eigenvalue weighted by Gasteiger charge is -2.27. The fraction of sp³-hybridized carbons (Fsp3) is 0.154. The largest absolute Gasteiger partial charge is 0.507 e. The van der Waals surface area contributed by atoms with Crippen molar-refractivity contribution in [2.45, 2.75) is 26.8 Å². The second-order valence-electron chi connectivity index (χ2n) is 7.97. The Balaban J connectivity index is 2.03. The van der Waals surface area contributed by atoms with Gasteiger partial charge >= 0.3 is 0 Å². The van der Waals surface area contributed by atoms with Gasteiger partial charge in [0.15, 0.2) is 0 Å². The molecule has 1 atom stereocenters. The molecule has 1 amide bonds. The summed E-state index contributed by atoms with van der Waals surface area (Å²) >= 11 is 12.4. The van der Waals surface area contributed by atoms with E-state index in [1.165, 1.54) is 4.90 Å². The molecule has 0 aliphatic carbocycles. The normalized spacial score (nSPS) is 17.8. The maximum absolute atomic E-state index is 13.3. The lowest BCUT2D eigenvalue weighted by Crippen LogP contribution is -2.29. The predicted molar refractivity (Wildman–Crippen MR) is 128 cm³/mol. The fourth-order valence-electron chi connectivity index (χ4n) is 4.10. The zero-order valence-electron chi connectivity index (χ0n) is 17.8. The first-order chi connectivity index (χ1) is 15.2. The summed E-state index contributed by atoms with van der Waals surface area (Å²) in [7, 11) is 0. The van der Waals surface area contributed by atoms with Crippen molar-refractivity contribution in [3.63, 3.8) is 0 Å². The molecule has 162 valence electrons. The molecule has 0 radical (unpaired) electrons. The van der Waals surface area contributed by atoms with E-state index >= 15 is 0 Å². The molecule has 1 N–H and O–H groups in total. The Kier molecular flexibility index (Phi) is 5.85. The first-order valence-electron chi connectivity index (χ1n) is 10.1. The molecule has 1 aliphatic heterocycles. The van der Waals surface area contributed by atoms with Gasteiger partial charge in [0.2, 0.25) is 0 Å². The number of carbonyl (C=O) groups excluding carboxylic acids is 2. The summed E-state index contributed by atoms with van der Waals surface area (Å²) in [6.07, 6.45) is 0. The van der Waals surface area contributed by atoms with Crippen molar-refractivity contribution in [2.24, 2.45) is 0 Å². The van der Waals surface area contributed by atoms with Gasteiger partial charge in [0.05, 0.1) is 11.6 Å². The van der Waals surface area contributed by atoms with Gasteiger partial charge in [0.25, 0.3) is 11.7 Å². The van der Waals surface area contributed by atoms with E-state index in [4.69, 9.17) is 23.2 Å². The highest BCUT2D eigenvalue weighted by Gasteiger charge is 2.47. The van der Waals surface area contributed by atoms with E-state index < -0.39 is 17.7 Å². The molecule has 1 unspecified atom stereocenters. The number of nitrogens with zero attached hydrogens (tertiary/aromatic N) is 1. The molecule has 1 aliphatic rings. The highest BCUT2D eigenvalue weighted by molar-refractivity contribution is 6.52. The third-order valence-corrected chi connectivity index (χ3v) is 6.14. The first-order valence-corrected chi connectivity index (χ1v) is 10.8. The van der Waals surface area contributed by atoms with Crippen LogP contribution in [0.25, 0.3) is 5.76 Å². The molecule has 1 fully saturated rings. The van der Waals surface area contributed by atoms with E-state index in [-0.39, 0.29) is 11.3 Å². The molecule has 4 nitrogen and oxygen atoms in total. The third-order valence-electron chi connectivity index (χ3n) is 5.70. The van der Waals surface area contributed by atoms with Gasteiger partial charge < -0.3 is 5.11 Å². The Labute approximate surface area is 196 Å². The van der Waals surface area contributed by atoms with Crippen LogP contribution in [0.15, 0.2) is 66.2 Å². The summed E-state index contributed by atoms with van der Waals surface area (Å²) in [4.78, 5) is 27.9. The molecule has 0 aromatic heterocycles. The number of halogens is 2. The minimum absolute atomic E-state index is 0.0362. The van der Waals surface area contributed by atoms with E-state index in [2.05, 4.69) is 0 Å². The zero-order valence-corrected chi connectivity index (χ0v) is 19.3. The second kappa shape index (κ2) is 8.45. The van der Waals surface area contributed by atoms with Gasteiger partial charge in [-0.2, -0.15) is 0 Å². The van der Waals surface area contributed by atoms with E-state index in [9.17, 15) is 14.7 Å². The number of amides is 1. The lowest BCUT2D eigenvalue weighted by molar-refractivity contribution is -0.132. The highest BCUT2D eigenvalue weighted by Crippen LogP contribution is 2.44. The van der Waals surface area contributed by atoms with Crippen LogP contribution in [0.3, 0.4) is 0 Å². The van der Waals surface area contributed by atoms with Crippen LogP contribution in [-0.4, -0.2) is 16.8 Å². The molecular formula is C26H21Cl2NO3. The van der Waals surface area contributed by atoms with Crippen LogP contribution in [0.4, 0.5) is 5.69 Å². The fourth-order valence-corrected chi connectivity index (χ4v) is 4.62. The summed E-state index contributed by atoms with van der Waals surface area (Å²) < 4.78 is 0. The Morgan fingerprint density at radius 1 is 0.875 bits per heavy atom. The number of carbonyl (C=O) groups is 2. The third kappa shape index (κ3) is 3.81. The van der Waals surface area contributed by atoms with Crippen molar-refractivity contribution >= 4 is 46.3 Å². The van der Waals surface area contributed by atoms with Gasteiger partial charge in [-0.15, -0.1) is 0 Å². The van der Waals surface area contributed by atoms with E-state index in [1.54, 1.807) is 18.2 Å². The molecule has 0 spiro atoms. The van der Waals surface area contributed by atoms with Gasteiger partial charge in [-0.1, -0.05) is 65.2 Å². The van der Waals surface area contributed by atoms with E-state index in [0.717, 1.165) is 22.3 Å². The maximum Gasteiger partial charge on any atom is 0.300 e. The summed E-state index contributed by atoms with van der Waals surface area (Å²) in [5.41, 5.74) is 4.28. The van der Waals surface area contributed by atoms with Gasteiger partial charge in [0.1, 0.15) is 5.76 Å². The number of hydrogen-bond acceptors (Lipinski definition) is 3. The molecule has 3 aromatic carbocycles. The number of benzene rings is 3. The van der Waals surface area contributed by atoms with Crippen LogP contribution in [0, 0.1) is 20.8 Å². The molecule has 0 saturated carbocycles. The molecule has 32 heavy (non-hydrogen) atoms. The van der Waals surface area contributed by atoms with E-state index in [1.807, 2.05) is 63.2 Å². The quantitative estimate of drug-likeness (QED) is 0.271. The van der Waals surface area contributed by atoms with Gasteiger partial charge in [-0.25, -0.2) is 0 Å². The zero-order chi connectivity index (χ0) is 23.2. The highest BCUT2D eigenvalue weighted by atomic mass is 35.5. The summed E-state index contributed by atoms with van der Waals surface area (Å²) in [6, 6.07) is 17.0. The summed E-state index contributed by atoms with van der Waals surface area (Å²) in [5, 5.41) is 12.0. The number of hydrogen-bond donors (Lipinski definition) is 1. The number of aliphatic hydroxyl groups is 1. The maximum atomic E-state index is 13.3. The van der Waals surface area contributed by atoms with Crippen molar-refractivity contribution in [3.8, 4) is 0 Å². The van der Waals surface area contributed by atoms with Crippen LogP contribution in [0.1, 0.15) is 33.9 Å². The van der Waals surface area contributed by atoms with Crippen LogP contribution in [0.2, 0.25) is 10.0 Å². The minimum Gasteiger partial charge on any atom is -0.507 e. The summed E-state index contributed by atoms with van der Waals surface area (Å²) in [5.74, 6) is -1.70. The Morgan fingerprint density at radius 3 is 2.19 bits per heavy atom. The number of Topliss-reactive ketones (excluding diaryl/α,β-unsaturated/α-hetero) is 1. The predicted octanol–water partition coefficient (Wildman–Crippen LogP) is 6.54. The van der Waals surface area contributed by atoms with E-state index in [0.29, 0.717) is 21.3 Å². The van der Waals surface area contributed by atoms with Crippen LogP contribution < -0.4 is 4.90 Å². The van der Waals surface area contributed by atoms with Crippen molar-refractivity contribution < 1.29 is 14.7 Å². The lowest BCUT2D eigenvalue weighted by atomic mass is 9.91. The van der Waals surface area contributed by atoms with Gasteiger partial charge in [0, 0.05) is 21.3 Å². The molecule has 6 heteroatoms. The van der Waals surface area contributed by atoms with Crippen LogP contribution in [-0.2, 0) is 9.59 Å². The molecular weight excluding hydrogens is 445 g/mol. The first kappa shape index (κ1) is 22.1. The minimum atomic E-state index is -0.828. The van der Waals surface area contributed by atoms with Gasteiger partial charge in [-0.05, 0) is 61.7 Å². The number of aryl methyl sites for hydroxylation is 3. The molecule has 0 bridgehead atoms. The van der Waals surface area contributed by atoms with Crippen molar-refractivity contribution in [3.05, 3.63) is 104 Å². The molecule has 4 rings (SSSR count).